The molecule has 2 aromatic rings. The summed E-state index contributed by atoms with van der Waals surface area (Å²) >= 11 is 1.33. The topological polar surface area (TPSA) is 122 Å². The first kappa shape index (κ1) is 19.7. The SMILES string of the molecule is Cc1c(CCOP(=O)(O)O)sc[n+]1Cc1cnc(C(F)(F)F)nc1N. The van der Waals surface area contributed by atoms with Gasteiger partial charge in [0, 0.05) is 19.5 Å². The molecule has 0 saturated carbocycles. The zero-order valence-electron chi connectivity index (χ0n) is 12.9. The van der Waals surface area contributed by atoms with Crippen molar-refractivity contribution in [2.45, 2.75) is 26.1 Å². The Morgan fingerprint density at radius 1 is 1.44 bits per heavy atom. The molecule has 2 heterocycles. The minimum absolute atomic E-state index is 0.156. The summed E-state index contributed by atoms with van der Waals surface area (Å²) in [5, 5.41) is 0. The lowest BCUT2D eigenvalue weighted by Crippen LogP contribution is -2.35. The molecule has 13 heteroatoms. The van der Waals surface area contributed by atoms with Crippen LogP contribution in [0.3, 0.4) is 0 Å². The summed E-state index contributed by atoms with van der Waals surface area (Å²) in [4.78, 5) is 24.7. The summed E-state index contributed by atoms with van der Waals surface area (Å²) in [6.45, 7) is 1.78. The second-order valence-electron chi connectivity index (χ2n) is 5.04. The van der Waals surface area contributed by atoms with Crippen molar-refractivity contribution in [2.75, 3.05) is 12.3 Å². The Morgan fingerprint density at radius 2 is 2.12 bits per heavy atom. The van der Waals surface area contributed by atoms with E-state index in [9.17, 15) is 17.7 Å². The van der Waals surface area contributed by atoms with Crippen molar-refractivity contribution < 1.29 is 36.6 Å². The molecule has 0 amide bonds. The summed E-state index contributed by atoms with van der Waals surface area (Å²) in [6, 6.07) is 0. The van der Waals surface area contributed by atoms with Gasteiger partial charge in [0.25, 0.3) is 0 Å². The molecule has 0 bridgehead atoms. The van der Waals surface area contributed by atoms with Crippen LogP contribution in [0.1, 0.15) is 22.0 Å². The highest BCUT2D eigenvalue weighted by Crippen LogP contribution is 2.35. The van der Waals surface area contributed by atoms with Gasteiger partial charge in [0.2, 0.25) is 11.3 Å². The molecule has 4 N–H and O–H groups in total. The van der Waals surface area contributed by atoms with E-state index in [4.69, 9.17) is 15.5 Å². The quantitative estimate of drug-likeness (QED) is 0.496. The number of thiazole rings is 1. The fraction of sp³-hybridized carbons (Fsp3) is 0.417. The van der Waals surface area contributed by atoms with E-state index in [2.05, 4.69) is 14.5 Å². The number of hydrogen-bond acceptors (Lipinski definition) is 6. The van der Waals surface area contributed by atoms with Gasteiger partial charge < -0.3 is 15.5 Å². The van der Waals surface area contributed by atoms with Crippen LogP contribution in [-0.4, -0.2) is 26.4 Å². The van der Waals surface area contributed by atoms with Gasteiger partial charge in [-0.25, -0.2) is 14.5 Å². The van der Waals surface area contributed by atoms with Gasteiger partial charge in [0.15, 0.2) is 12.2 Å². The van der Waals surface area contributed by atoms with Gasteiger partial charge in [0.05, 0.1) is 17.0 Å². The molecule has 2 rings (SSSR count). The van der Waals surface area contributed by atoms with Crippen LogP contribution in [0.2, 0.25) is 0 Å². The maximum Gasteiger partial charge on any atom is 0.469 e. The van der Waals surface area contributed by atoms with E-state index >= 15 is 0 Å². The van der Waals surface area contributed by atoms with Gasteiger partial charge in [-0.1, -0.05) is 11.3 Å². The van der Waals surface area contributed by atoms with Crippen LogP contribution in [0, 0.1) is 6.92 Å². The smallest absolute Gasteiger partial charge is 0.383 e. The second kappa shape index (κ2) is 7.34. The average Bonchev–Trinajstić information content (AvgIpc) is 2.80. The number of rotatable bonds is 6. The molecule has 0 fully saturated rings. The van der Waals surface area contributed by atoms with Crippen LogP contribution in [0.25, 0.3) is 0 Å². The largest absolute Gasteiger partial charge is 0.469 e. The predicted octanol–water partition coefficient (Wildman–Crippen LogP) is 1.44. The molecule has 8 nitrogen and oxygen atoms in total. The average molecular weight is 399 g/mol. The third-order valence-corrected chi connectivity index (χ3v) is 4.90. The van der Waals surface area contributed by atoms with E-state index in [1.54, 1.807) is 17.0 Å². The highest BCUT2D eigenvalue weighted by atomic mass is 32.1. The van der Waals surface area contributed by atoms with E-state index in [-0.39, 0.29) is 25.4 Å². The minimum atomic E-state index is -4.66. The number of nitrogens with two attached hydrogens (primary N) is 1. The summed E-state index contributed by atoms with van der Waals surface area (Å²) in [7, 11) is -4.52. The number of alkyl halides is 3. The van der Waals surface area contributed by atoms with Crippen LogP contribution in [0.5, 0.6) is 0 Å². The van der Waals surface area contributed by atoms with Gasteiger partial charge >= 0.3 is 14.0 Å². The molecule has 0 saturated heterocycles. The van der Waals surface area contributed by atoms with E-state index in [0.29, 0.717) is 5.56 Å². The van der Waals surface area contributed by atoms with E-state index in [1.165, 1.54) is 11.3 Å². The third kappa shape index (κ3) is 5.44. The van der Waals surface area contributed by atoms with E-state index in [0.717, 1.165) is 16.8 Å². The van der Waals surface area contributed by atoms with Crippen molar-refractivity contribution in [1.29, 1.82) is 0 Å². The molecule has 0 radical (unpaired) electrons. The summed E-state index contributed by atoms with van der Waals surface area (Å²) < 4.78 is 54.4. The fourth-order valence-electron chi connectivity index (χ4n) is 1.97. The van der Waals surface area contributed by atoms with E-state index < -0.39 is 19.8 Å². The van der Waals surface area contributed by atoms with Crippen molar-refractivity contribution in [1.82, 2.24) is 9.97 Å². The van der Waals surface area contributed by atoms with Crippen LogP contribution >= 0.6 is 19.2 Å². The van der Waals surface area contributed by atoms with Gasteiger partial charge in [0.1, 0.15) is 5.82 Å². The Hall–Kier alpha value is -1.59. The van der Waals surface area contributed by atoms with Crippen LogP contribution in [-0.2, 0) is 28.2 Å². The molecule has 0 aliphatic heterocycles. The molecule has 0 atom stereocenters. The summed E-state index contributed by atoms with van der Waals surface area (Å²) in [5.41, 5.74) is 8.41. The summed E-state index contributed by atoms with van der Waals surface area (Å²) in [5.74, 6) is -1.55. The Kier molecular flexibility index (Phi) is 5.79. The maximum absolute atomic E-state index is 12.5. The third-order valence-electron chi connectivity index (χ3n) is 3.24. The molecular weight excluding hydrogens is 384 g/mol. The Labute approximate surface area is 144 Å². The number of nitrogens with zero attached hydrogens (tertiary/aromatic N) is 3. The lowest BCUT2D eigenvalue weighted by Gasteiger charge is -2.07. The van der Waals surface area contributed by atoms with Crippen LogP contribution in [0.15, 0.2) is 11.7 Å². The van der Waals surface area contributed by atoms with Gasteiger partial charge in [-0.05, 0) is 0 Å². The molecule has 0 aromatic carbocycles. The zero-order chi connectivity index (χ0) is 18.8. The van der Waals surface area contributed by atoms with Crippen molar-refractivity contribution in [2.24, 2.45) is 0 Å². The first-order valence-electron chi connectivity index (χ1n) is 6.82. The van der Waals surface area contributed by atoms with Crippen LogP contribution in [0.4, 0.5) is 19.0 Å². The van der Waals surface area contributed by atoms with Gasteiger partial charge in [-0.2, -0.15) is 17.7 Å². The summed E-state index contributed by atoms with van der Waals surface area (Å²) in [6.07, 6.45) is -3.34. The number of hydrogen-bond donors (Lipinski definition) is 3. The van der Waals surface area contributed by atoms with Crippen molar-refractivity contribution in [3.8, 4) is 0 Å². The molecular formula is C12H15F3N4O4PS+. The molecule has 25 heavy (non-hydrogen) atoms. The molecule has 2 aromatic heterocycles. The molecule has 0 spiro atoms. The van der Waals surface area contributed by atoms with Gasteiger partial charge in [-0.3, -0.25) is 4.52 Å². The number of anilines is 1. The molecule has 0 aliphatic carbocycles. The first-order valence-corrected chi connectivity index (χ1v) is 9.23. The molecule has 0 unspecified atom stereocenters. The molecule has 138 valence electrons. The lowest BCUT2D eigenvalue weighted by molar-refractivity contribution is -0.689. The monoisotopic (exact) mass is 399 g/mol. The van der Waals surface area contributed by atoms with Crippen molar-refractivity contribution >= 4 is 25.0 Å². The van der Waals surface area contributed by atoms with E-state index in [1.807, 2.05) is 0 Å². The fourth-order valence-corrected chi connectivity index (χ4v) is 3.27. The number of phosphoric ester groups is 1. The maximum atomic E-state index is 12.5. The number of halogens is 3. The van der Waals surface area contributed by atoms with Crippen molar-refractivity contribution in [3.05, 3.63) is 33.7 Å². The Morgan fingerprint density at radius 3 is 2.68 bits per heavy atom. The highest BCUT2D eigenvalue weighted by molar-refractivity contribution is 7.46. The minimum Gasteiger partial charge on any atom is -0.383 e. The van der Waals surface area contributed by atoms with Crippen LogP contribution < -0.4 is 10.3 Å². The highest BCUT2D eigenvalue weighted by Gasteiger charge is 2.35. The number of aromatic nitrogens is 3. The Bertz CT molecular complexity index is 808. The lowest BCUT2D eigenvalue weighted by atomic mass is 10.2. The molecule has 0 aliphatic rings. The predicted molar refractivity (Wildman–Crippen MR) is 81.5 cm³/mol. The number of phosphoric acid groups is 1. The Balaban J connectivity index is 2.10. The second-order valence-corrected chi connectivity index (χ2v) is 7.21. The first-order chi connectivity index (χ1) is 11.5. The normalized spacial score (nSPS) is 12.6. The standard InChI is InChI=1S/C12H14F3N4O4PS/c1-7-9(2-3-23-24(20,21)22)25-6-19(7)5-8-4-17-11(12(13,14)15)18-10(8)16/h4,6H,2-3,5H2,1H3,(H3-,16,17,18,20,21,22)/p+1. The number of nitrogen functional groups attached to an aromatic ring is 1. The van der Waals surface area contributed by atoms with Crippen molar-refractivity contribution in [3.63, 3.8) is 0 Å². The van der Waals surface area contributed by atoms with Gasteiger partial charge in [-0.15, -0.1) is 0 Å². The zero-order valence-corrected chi connectivity index (χ0v) is 14.6.